The molecule has 1 aromatic rings. The first-order valence-corrected chi connectivity index (χ1v) is 7.89. The van der Waals surface area contributed by atoms with Crippen LogP contribution in [-0.2, 0) is 0 Å². The first kappa shape index (κ1) is 21.0. The molecule has 1 atom stereocenters. The van der Waals surface area contributed by atoms with Crippen LogP contribution in [0.2, 0.25) is 5.02 Å². The molecule has 0 unspecified atom stereocenters. The molecule has 122 valence electrons. The van der Waals surface area contributed by atoms with E-state index in [1.54, 1.807) is 0 Å². The van der Waals surface area contributed by atoms with Crippen molar-refractivity contribution in [1.82, 2.24) is 10.2 Å². The summed E-state index contributed by atoms with van der Waals surface area (Å²) in [4.78, 5) is 2.61. The molecule has 0 bridgehead atoms. The Bertz CT molecular complexity index is 382. The number of piperazine rings is 1. The number of unbranched alkanes of at least 4 members (excludes halogenated alkanes) is 2. The largest absolute Gasteiger partial charge is 0.314 e. The van der Waals surface area contributed by atoms with Gasteiger partial charge in [0.15, 0.2) is 0 Å². The molecule has 1 heterocycles. The fourth-order valence-corrected chi connectivity index (χ4v) is 3.05. The van der Waals surface area contributed by atoms with E-state index in [4.69, 9.17) is 11.6 Å². The molecular formula is C16H27Cl3N2. The van der Waals surface area contributed by atoms with Crippen LogP contribution in [0.1, 0.15) is 44.2 Å². The Morgan fingerprint density at radius 1 is 1.19 bits per heavy atom. The minimum Gasteiger partial charge on any atom is -0.314 e. The summed E-state index contributed by atoms with van der Waals surface area (Å²) in [7, 11) is 0. The molecule has 0 spiro atoms. The van der Waals surface area contributed by atoms with E-state index in [2.05, 4.69) is 35.3 Å². The van der Waals surface area contributed by atoms with Crippen LogP contribution in [0, 0.1) is 0 Å². The van der Waals surface area contributed by atoms with Gasteiger partial charge < -0.3 is 5.32 Å². The topological polar surface area (TPSA) is 15.3 Å². The number of benzene rings is 1. The van der Waals surface area contributed by atoms with E-state index in [0.717, 1.165) is 31.2 Å². The molecule has 2 rings (SSSR count). The van der Waals surface area contributed by atoms with Crippen molar-refractivity contribution in [3.63, 3.8) is 0 Å². The van der Waals surface area contributed by atoms with E-state index in [0.29, 0.717) is 6.04 Å². The summed E-state index contributed by atoms with van der Waals surface area (Å²) >= 11 is 6.16. The molecule has 0 radical (unpaired) electrons. The average molecular weight is 354 g/mol. The fourth-order valence-electron chi connectivity index (χ4n) is 2.86. The average Bonchev–Trinajstić information content (AvgIpc) is 2.45. The van der Waals surface area contributed by atoms with Crippen molar-refractivity contribution < 1.29 is 0 Å². The molecule has 0 saturated carbocycles. The highest BCUT2D eigenvalue weighted by Crippen LogP contribution is 2.28. The second-order valence-electron chi connectivity index (χ2n) is 5.35. The van der Waals surface area contributed by atoms with Crippen LogP contribution in [0.25, 0.3) is 0 Å². The van der Waals surface area contributed by atoms with E-state index in [-0.39, 0.29) is 24.8 Å². The Morgan fingerprint density at radius 2 is 1.90 bits per heavy atom. The van der Waals surface area contributed by atoms with Gasteiger partial charge in [0.05, 0.1) is 0 Å². The van der Waals surface area contributed by atoms with E-state index in [1.165, 1.54) is 31.2 Å². The normalized spacial score (nSPS) is 16.7. The number of nitrogens with one attached hydrogen (secondary N) is 1. The third-order valence-electron chi connectivity index (χ3n) is 3.91. The molecular weight excluding hydrogens is 327 g/mol. The highest BCUT2D eigenvalue weighted by Gasteiger charge is 2.21. The lowest BCUT2D eigenvalue weighted by molar-refractivity contribution is 0.163. The number of halogens is 3. The molecule has 1 fully saturated rings. The van der Waals surface area contributed by atoms with Crippen LogP contribution in [0.3, 0.4) is 0 Å². The fraction of sp³-hybridized carbons (Fsp3) is 0.625. The number of rotatable bonds is 6. The summed E-state index contributed by atoms with van der Waals surface area (Å²) in [5.74, 6) is 0. The Morgan fingerprint density at radius 3 is 2.52 bits per heavy atom. The van der Waals surface area contributed by atoms with E-state index >= 15 is 0 Å². The lowest BCUT2D eigenvalue weighted by Crippen LogP contribution is -2.45. The van der Waals surface area contributed by atoms with Crippen LogP contribution in [-0.4, -0.2) is 31.1 Å². The molecule has 1 saturated heterocycles. The Balaban J connectivity index is 0.00000200. The van der Waals surface area contributed by atoms with Crippen LogP contribution < -0.4 is 5.32 Å². The zero-order valence-electron chi connectivity index (χ0n) is 12.7. The molecule has 1 N–H and O–H groups in total. The van der Waals surface area contributed by atoms with Gasteiger partial charge in [0, 0.05) is 37.2 Å². The van der Waals surface area contributed by atoms with E-state index in [9.17, 15) is 0 Å². The Kier molecular flexibility index (Phi) is 11.6. The minimum absolute atomic E-state index is 0. The van der Waals surface area contributed by atoms with Gasteiger partial charge in [0.2, 0.25) is 0 Å². The van der Waals surface area contributed by atoms with Gasteiger partial charge in [-0.05, 0) is 24.1 Å². The van der Waals surface area contributed by atoms with Crippen molar-refractivity contribution >= 4 is 36.4 Å². The second-order valence-corrected chi connectivity index (χ2v) is 5.79. The molecule has 2 nitrogen and oxygen atoms in total. The molecule has 0 aliphatic carbocycles. The van der Waals surface area contributed by atoms with Gasteiger partial charge in [-0.15, -0.1) is 24.8 Å². The number of nitrogens with zero attached hydrogens (tertiary/aromatic N) is 1. The smallest absolute Gasteiger partial charge is 0.0409 e. The lowest BCUT2D eigenvalue weighted by Gasteiger charge is -2.35. The van der Waals surface area contributed by atoms with Gasteiger partial charge in [-0.25, -0.2) is 0 Å². The first-order valence-electron chi connectivity index (χ1n) is 7.51. The van der Waals surface area contributed by atoms with Crippen molar-refractivity contribution in [2.24, 2.45) is 0 Å². The van der Waals surface area contributed by atoms with Gasteiger partial charge in [0.1, 0.15) is 0 Å². The summed E-state index contributed by atoms with van der Waals surface area (Å²) in [6, 6.07) is 8.94. The van der Waals surface area contributed by atoms with Crippen molar-refractivity contribution in [3.05, 3.63) is 34.9 Å². The summed E-state index contributed by atoms with van der Waals surface area (Å²) in [6.07, 6.45) is 5.15. The van der Waals surface area contributed by atoms with Crippen molar-refractivity contribution in [1.29, 1.82) is 0 Å². The Hall–Kier alpha value is 0.01000. The minimum atomic E-state index is 0. The maximum atomic E-state index is 6.16. The predicted molar refractivity (Wildman–Crippen MR) is 97.3 cm³/mol. The molecule has 1 aliphatic rings. The summed E-state index contributed by atoms with van der Waals surface area (Å²) in [6.45, 7) is 6.75. The summed E-state index contributed by atoms with van der Waals surface area (Å²) in [5.41, 5.74) is 1.38. The highest BCUT2D eigenvalue weighted by atomic mass is 35.5. The second kappa shape index (κ2) is 11.6. The summed E-state index contributed by atoms with van der Waals surface area (Å²) in [5, 5.41) is 4.29. The molecule has 0 aromatic heterocycles. The zero-order valence-corrected chi connectivity index (χ0v) is 15.1. The van der Waals surface area contributed by atoms with Gasteiger partial charge in [-0.3, -0.25) is 4.90 Å². The van der Waals surface area contributed by atoms with Gasteiger partial charge in [0.25, 0.3) is 0 Å². The SMILES string of the molecule is CCCCC[C@H](c1cccc(Cl)c1)N1CCNCC1.Cl.Cl. The van der Waals surface area contributed by atoms with Gasteiger partial charge in [-0.1, -0.05) is 49.9 Å². The standard InChI is InChI=1S/C16H25ClN2.2ClH/c1-2-3-4-8-16(19-11-9-18-10-12-19)14-6-5-7-15(17)13-14;;/h5-7,13,16,18H,2-4,8-12H2,1H3;2*1H/t16-;;/m1../s1. The van der Waals surface area contributed by atoms with Crippen molar-refractivity contribution in [2.75, 3.05) is 26.2 Å². The highest BCUT2D eigenvalue weighted by molar-refractivity contribution is 6.30. The third kappa shape index (κ3) is 6.75. The van der Waals surface area contributed by atoms with E-state index < -0.39 is 0 Å². The summed E-state index contributed by atoms with van der Waals surface area (Å²) < 4.78 is 0. The van der Waals surface area contributed by atoms with Crippen LogP contribution in [0.5, 0.6) is 0 Å². The maximum Gasteiger partial charge on any atom is 0.0409 e. The zero-order chi connectivity index (χ0) is 13.5. The van der Waals surface area contributed by atoms with Crippen molar-refractivity contribution in [2.45, 2.75) is 38.6 Å². The van der Waals surface area contributed by atoms with Crippen LogP contribution in [0.4, 0.5) is 0 Å². The quantitative estimate of drug-likeness (QED) is 0.745. The molecule has 5 heteroatoms. The monoisotopic (exact) mass is 352 g/mol. The molecule has 21 heavy (non-hydrogen) atoms. The molecule has 0 amide bonds. The lowest BCUT2D eigenvalue weighted by atomic mass is 9.98. The molecule has 1 aromatic carbocycles. The van der Waals surface area contributed by atoms with Crippen LogP contribution in [0.15, 0.2) is 24.3 Å². The third-order valence-corrected chi connectivity index (χ3v) is 4.14. The maximum absolute atomic E-state index is 6.16. The van der Waals surface area contributed by atoms with Crippen LogP contribution >= 0.6 is 36.4 Å². The van der Waals surface area contributed by atoms with Gasteiger partial charge >= 0.3 is 0 Å². The first-order chi connectivity index (χ1) is 9.31. The molecule has 1 aliphatic heterocycles. The number of hydrogen-bond donors (Lipinski definition) is 1. The Labute approximate surface area is 146 Å². The number of hydrogen-bond acceptors (Lipinski definition) is 2. The van der Waals surface area contributed by atoms with Gasteiger partial charge in [-0.2, -0.15) is 0 Å². The van der Waals surface area contributed by atoms with E-state index in [1.807, 2.05) is 6.07 Å². The predicted octanol–water partition coefficient (Wildman–Crippen LogP) is 4.71. The van der Waals surface area contributed by atoms with Crippen molar-refractivity contribution in [3.8, 4) is 0 Å².